The first-order valence-corrected chi connectivity index (χ1v) is 10.4. The minimum Gasteiger partial charge on any atom is -0.282 e. The summed E-state index contributed by atoms with van der Waals surface area (Å²) in [6.07, 6.45) is 9.27. The van der Waals surface area contributed by atoms with E-state index in [1.807, 2.05) is 0 Å². The van der Waals surface area contributed by atoms with Gasteiger partial charge in [-0.05, 0) is 59.7 Å². The number of rotatable bonds is 9. The first-order chi connectivity index (χ1) is 11.5. The van der Waals surface area contributed by atoms with Crippen LogP contribution in [-0.2, 0) is 23.0 Å². The maximum absolute atomic E-state index is 11.4. The van der Waals surface area contributed by atoms with Gasteiger partial charge < -0.3 is 0 Å². The Morgan fingerprint density at radius 3 is 1.83 bits per heavy atom. The molecule has 0 fully saturated rings. The van der Waals surface area contributed by atoms with E-state index >= 15 is 0 Å². The van der Waals surface area contributed by atoms with Gasteiger partial charge in [-0.25, -0.2) is 0 Å². The van der Waals surface area contributed by atoms with Crippen molar-refractivity contribution in [3.8, 4) is 0 Å². The fraction of sp³-hybridized carbons (Fsp3) is 0.500. The highest BCUT2D eigenvalue weighted by molar-refractivity contribution is 7.85. The van der Waals surface area contributed by atoms with Gasteiger partial charge in [0.1, 0.15) is 0 Å². The highest BCUT2D eigenvalue weighted by atomic mass is 32.2. The number of aryl methyl sites for hydroxylation is 2. The Morgan fingerprint density at radius 1 is 0.792 bits per heavy atom. The molecule has 1 N–H and O–H groups in total. The Bertz CT molecular complexity index is 779. The molecule has 2 aromatic carbocycles. The second-order valence-corrected chi connectivity index (χ2v) is 7.94. The summed E-state index contributed by atoms with van der Waals surface area (Å²) in [5.41, 5.74) is 2.70. The fourth-order valence-corrected chi connectivity index (χ4v) is 3.64. The molecule has 0 saturated heterocycles. The summed E-state index contributed by atoms with van der Waals surface area (Å²) in [5.74, 6) is 0. The standard InChI is InChI=1S/C20H28O3S/c1-3-5-7-9-16-13-18-11-12-20(24(21,22)23)15-19(18)14-17(16)10-8-6-4-2/h11-15H,3-10H2,1-2H3,(H,21,22,23). The van der Waals surface area contributed by atoms with E-state index in [4.69, 9.17) is 0 Å². The Hall–Kier alpha value is -1.39. The average Bonchev–Trinajstić information content (AvgIpc) is 2.54. The molecule has 24 heavy (non-hydrogen) atoms. The zero-order valence-corrected chi connectivity index (χ0v) is 15.5. The lowest BCUT2D eigenvalue weighted by Crippen LogP contribution is -1.99. The highest BCUT2D eigenvalue weighted by Gasteiger charge is 2.11. The Kier molecular flexibility index (Phi) is 6.81. The molecule has 132 valence electrons. The number of fused-ring (bicyclic) bond motifs is 1. The summed E-state index contributed by atoms with van der Waals surface area (Å²) in [4.78, 5) is -0.0340. The van der Waals surface area contributed by atoms with Crippen LogP contribution in [0.25, 0.3) is 10.8 Å². The van der Waals surface area contributed by atoms with Gasteiger partial charge in [0.05, 0.1) is 4.90 Å². The largest absolute Gasteiger partial charge is 0.294 e. The van der Waals surface area contributed by atoms with E-state index in [0.29, 0.717) is 0 Å². The second kappa shape index (κ2) is 8.63. The monoisotopic (exact) mass is 348 g/mol. The van der Waals surface area contributed by atoms with E-state index in [0.717, 1.165) is 30.0 Å². The molecule has 3 nitrogen and oxygen atoms in total. The van der Waals surface area contributed by atoms with Crippen LogP contribution >= 0.6 is 0 Å². The van der Waals surface area contributed by atoms with Crippen LogP contribution in [0.1, 0.15) is 63.5 Å². The molecule has 0 atom stereocenters. The molecule has 0 aliphatic carbocycles. The molecule has 0 heterocycles. The molecule has 2 aromatic rings. The van der Waals surface area contributed by atoms with E-state index in [1.54, 1.807) is 12.1 Å². The van der Waals surface area contributed by atoms with Gasteiger partial charge in [-0.1, -0.05) is 57.7 Å². The lowest BCUT2D eigenvalue weighted by Gasteiger charge is -2.12. The smallest absolute Gasteiger partial charge is 0.282 e. The van der Waals surface area contributed by atoms with Crippen LogP contribution in [0.5, 0.6) is 0 Å². The van der Waals surface area contributed by atoms with Crippen molar-refractivity contribution in [2.75, 3.05) is 0 Å². The molecule has 0 bridgehead atoms. The van der Waals surface area contributed by atoms with Crippen molar-refractivity contribution in [1.82, 2.24) is 0 Å². The zero-order chi connectivity index (χ0) is 17.6. The lowest BCUT2D eigenvalue weighted by molar-refractivity contribution is 0.483. The van der Waals surface area contributed by atoms with Crippen molar-refractivity contribution in [3.63, 3.8) is 0 Å². The van der Waals surface area contributed by atoms with Crippen molar-refractivity contribution in [3.05, 3.63) is 41.5 Å². The predicted octanol–water partition coefficient (Wildman–Crippen LogP) is 5.55. The second-order valence-electron chi connectivity index (χ2n) is 6.52. The van der Waals surface area contributed by atoms with Crippen molar-refractivity contribution in [2.45, 2.75) is 70.1 Å². The van der Waals surface area contributed by atoms with Gasteiger partial charge in [0.2, 0.25) is 0 Å². The Morgan fingerprint density at radius 2 is 1.33 bits per heavy atom. The first-order valence-electron chi connectivity index (χ1n) is 8.98. The van der Waals surface area contributed by atoms with Crippen LogP contribution in [0.2, 0.25) is 0 Å². The van der Waals surface area contributed by atoms with Gasteiger partial charge in [-0.3, -0.25) is 4.55 Å². The van der Waals surface area contributed by atoms with Gasteiger partial charge in [-0.2, -0.15) is 8.42 Å². The third-order valence-corrected chi connectivity index (χ3v) is 5.38. The van der Waals surface area contributed by atoms with Crippen molar-refractivity contribution < 1.29 is 13.0 Å². The van der Waals surface area contributed by atoms with Gasteiger partial charge in [-0.15, -0.1) is 0 Å². The van der Waals surface area contributed by atoms with Gasteiger partial charge in [0, 0.05) is 0 Å². The predicted molar refractivity (Wildman–Crippen MR) is 100 cm³/mol. The summed E-state index contributed by atoms with van der Waals surface area (Å²) >= 11 is 0. The SMILES string of the molecule is CCCCCc1cc2ccc(S(=O)(=O)O)cc2cc1CCCCC. The normalized spacial score (nSPS) is 12.0. The molecule has 0 aliphatic rings. The molecule has 0 unspecified atom stereocenters. The molecule has 0 aliphatic heterocycles. The third-order valence-electron chi connectivity index (χ3n) is 4.53. The molecule has 0 saturated carbocycles. The molecule has 4 heteroatoms. The summed E-state index contributed by atoms with van der Waals surface area (Å²) in [6.45, 7) is 4.40. The van der Waals surface area contributed by atoms with Crippen LogP contribution in [-0.4, -0.2) is 13.0 Å². The van der Waals surface area contributed by atoms with Crippen LogP contribution in [0.4, 0.5) is 0 Å². The van der Waals surface area contributed by atoms with Crippen molar-refractivity contribution in [2.24, 2.45) is 0 Å². The maximum Gasteiger partial charge on any atom is 0.294 e. The third kappa shape index (κ3) is 5.05. The van der Waals surface area contributed by atoms with E-state index in [-0.39, 0.29) is 4.90 Å². The van der Waals surface area contributed by atoms with E-state index < -0.39 is 10.1 Å². The maximum atomic E-state index is 11.4. The van der Waals surface area contributed by atoms with Crippen molar-refractivity contribution in [1.29, 1.82) is 0 Å². The molecule has 0 spiro atoms. The summed E-state index contributed by atoms with van der Waals surface area (Å²) < 4.78 is 32.0. The summed E-state index contributed by atoms with van der Waals surface area (Å²) in [7, 11) is -4.16. The summed E-state index contributed by atoms with van der Waals surface area (Å²) in [6, 6.07) is 9.15. The lowest BCUT2D eigenvalue weighted by atomic mass is 9.93. The van der Waals surface area contributed by atoms with Crippen LogP contribution in [0.15, 0.2) is 35.2 Å². The van der Waals surface area contributed by atoms with Crippen LogP contribution in [0, 0.1) is 0 Å². The van der Waals surface area contributed by atoms with E-state index in [2.05, 4.69) is 26.0 Å². The summed E-state index contributed by atoms with van der Waals surface area (Å²) in [5, 5.41) is 1.92. The Balaban J connectivity index is 2.39. The number of unbranched alkanes of at least 4 members (excludes halogenated alkanes) is 4. The van der Waals surface area contributed by atoms with E-state index in [1.165, 1.54) is 49.3 Å². The van der Waals surface area contributed by atoms with Gasteiger partial charge in [0.15, 0.2) is 0 Å². The molecular formula is C20H28O3S. The van der Waals surface area contributed by atoms with E-state index in [9.17, 15) is 13.0 Å². The first kappa shape index (κ1) is 18.9. The van der Waals surface area contributed by atoms with Crippen molar-refractivity contribution >= 4 is 20.9 Å². The molecule has 0 amide bonds. The van der Waals surface area contributed by atoms with Crippen LogP contribution < -0.4 is 0 Å². The van der Waals surface area contributed by atoms with Crippen LogP contribution in [0.3, 0.4) is 0 Å². The molecule has 0 radical (unpaired) electrons. The zero-order valence-electron chi connectivity index (χ0n) is 14.7. The number of hydrogen-bond acceptors (Lipinski definition) is 2. The average molecular weight is 349 g/mol. The minimum absolute atomic E-state index is 0.0340. The molecule has 2 rings (SSSR count). The van der Waals surface area contributed by atoms with Gasteiger partial charge in [0.25, 0.3) is 10.1 Å². The number of hydrogen-bond donors (Lipinski definition) is 1. The highest BCUT2D eigenvalue weighted by Crippen LogP contribution is 2.26. The molecule has 0 aromatic heterocycles. The fourth-order valence-electron chi connectivity index (χ4n) is 3.13. The Labute approximate surface area is 145 Å². The number of benzene rings is 2. The minimum atomic E-state index is -4.16. The van der Waals surface area contributed by atoms with Gasteiger partial charge >= 0.3 is 0 Å². The topological polar surface area (TPSA) is 54.4 Å². The molecular weight excluding hydrogens is 320 g/mol. The quantitative estimate of drug-likeness (QED) is 0.477.